The molecule has 0 saturated heterocycles. The van der Waals surface area contributed by atoms with Crippen molar-refractivity contribution < 1.29 is 14.3 Å². The summed E-state index contributed by atoms with van der Waals surface area (Å²) in [5.74, 6) is -0.269. The Labute approximate surface area is 96.4 Å². The molecule has 0 aromatic heterocycles. The number of hydrogen-bond donors (Lipinski definition) is 0. The molecule has 0 spiro atoms. The van der Waals surface area contributed by atoms with Crippen molar-refractivity contribution in [3.05, 3.63) is 35.4 Å². The molecule has 88 valence electrons. The van der Waals surface area contributed by atoms with Crippen LogP contribution in [0.2, 0.25) is 0 Å². The lowest BCUT2D eigenvalue weighted by Gasteiger charge is -2.16. The van der Waals surface area contributed by atoms with Crippen molar-refractivity contribution in [1.29, 1.82) is 0 Å². The molecule has 16 heavy (non-hydrogen) atoms. The summed E-state index contributed by atoms with van der Waals surface area (Å²) in [4.78, 5) is 10.9. The third kappa shape index (κ3) is 4.45. The van der Waals surface area contributed by atoms with Crippen LogP contribution in [0.25, 0.3) is 0 Å². The van der Waals surface area contributed by atoms with Crippen LogP contribution in [-0.2, 0) is 20.7 Å². The highest BCUT2D eigenvalue weighted by Crippen LogP contribution is 2.08. The van der Waals surface area contributed by atoms with Gasteiger partial charge in [0, 0.05) is 20.5 Å². The quantitative estimate of drug-likeness (QED) is 0.716. The monoisotopic (exact) mass is 222 g/mol. The van der Waals surface area contributed by atoms with Gasteiger partial charge in [-0.3, -0.25) is 4.79 Å². The van der Waals surface area contributed by atoms with E-state index in [9.17, 15) is 4.79 Å². The van der Waals surface area contributed by atoms with E-state index in [-0.39, 0.29) is 12.1 Å². The smallest absolute Gasteiger partial charge is 0.302 e. The molecule has 1 aromatic carbocycles. The zero-order valence-electron chi connectivity index (χ0n) is 10.0. The van der Waals surface area contributed by atoms with Crippen LogP contribution >= 0.6 is 0 Å². The molecule has 0 amide bonds. The van der Waals surface area contributed by atoms with Crippen molar-refractivity contribution in [2.75, 3.05) is 13.7 Å². The van der Waals surface area contributed by atoms with Gasteiger partial charge in [-0.05, 0) is 12.5 Å². The van der Waals surface area contributed by atoms with E-state index >= 15 is 0 Å². The van der Waals surface area contributed by atoms with Crippen molar-refractivity contribution in [2.45, 2.75) is 26.4 Å². The summed E-state index contributed by atoms with van der Waals surface area (Å²) in [6, 6.07) is 8.18. The molecule has 0 aliphatic rings. The number of methoxy groups -OCH3 is 1. The number of carbonyl (C=O) groups excluding carboxylic acids is 1. The average molecular weight is 222 g/mol. The maximum absolute atomic E-state index is 10.9. The third-order valence-corrected chi connectivity index (χ3v) is 2.27. The van der Waals surface area contributed by atoms with Crippen molar-refractivity contribution in [3.8, 4) is 0 Å². The molecule has 1 unspecified atom stereocenters. The lowest BCUT2D eigenvalue weighted by Crippen LogP contribution is -2.24. The molecule has 0 saturated carbocycles. The zero-order chi connectivity index (χ0) is 12.0. The second-order valence-corrected chi connectivity index (χ2v) is 3.88. The van der Waals surface area contributed by atoms with Gasteiger partial charge in [0.1, 0.15) is 6.10 Å². The van der Waals surface area contributed by atoms with E-state index in [1.165, 1.54) is 12.5 Å². The van der Waals surface area contributed by atoms with Crippen LogP contribution in [0.3, 0.4) is 0 Å². The van der Waals surface area contributed by atoms with Gasteiger partial charge in [-0.25, -0.2) is 0 Å². The summed E-state index contributed by atoms with van der Waals surface area (Å²) < 4.78 is 10.2. The molecular formula is C13H18O3. The topological polar surface area (TPSA) is 35.5 Å². The minimum atomic E-state index is -0.269. The summed E-state index contributed by atoms with van der Waals surface area (Å²) in [6.07, 6.45) is 0.485. The number of carbonyl (C=O) groups is 1. The SMILES string of the molecule is COCC(Cc1ccc(C)cc1)OC(C)=O. The fraction of sp³-hybridized carbons (Fsp3) is 0.462. The second-order valence-electron chi connectivity index (χ2n) is 3.88. The largest absolute Gasteiger partial charge is 0.460 e. The Hall–Kier alpha value is -1.35. The standard InChI is InChI=1S/C13H18O3/c1-10-4-6-12(7-5-10)8-13(9-15-3)16-11(2)14/h4-7,13H,8-9H2,1-3H3. The van der Waals surface area contributed by atoms with E-state index in [0.717, 1.165) is 5.56 Å². The highest BCUT2D eigenvalue weighted by atomic mass is 16.6. The van der Waals surface area contributed by atoms with E-state index < -0.39 is 0 Å². The molecule has 3 heteroatoms. The maximum atomic E-state index is 10.9. The number of esters is 1. The lowest BCUT2D eigenvalue weighted by molar-refractivity contribution is -0.148. The molecule has 1 atom stereocenters. The van der Waals surface area contributed by atoms with Gasteiger partial charge in [0.05, 0.1) is 6.61 Å². The van der Waals surface area contributed by atoms with Crippen molar-refractivity contribution in [2.24, 2.45) is 0 Å². The van der Waals surface area contributed by atoms with Gasteiger partial charge >= 0.3 is 5.97 Å². The van der Waals surface area contributed by atoms with Gasteiger partial charge in [-0.1, -0.05) is 29.8 Å². The number of benzene rings is 1. The predicted octanol–water partition coefficient (Wildman–Crippen LogP) is 2.12. The van der Waals surface area contributed by atoms with Gasteiger partial charge in [0.15, 0.2) is 0 Å². The summed E-state index contributed by atoms with van der Waals surface area (Å²) in [5.41, 5.74) is 2.37. The van der Waals surface area contributed by atoms with Crippen LogP contribution in [0.1, 0.15) is 18.1 Å². The molecule has 0 fully saturated rings. The molecule has 1 aromatic rings. The average Bonchev–Trinajstić information content (AvgIpc) is 2.21. The summed E-state index contributed by atoms with van der Waals surface area (Å²) in [7, 11) is 1.60. The van der Waals surface area contributed by atoms with E-state index in [1.807, 2.05) is 31.2 Å². The summed E-state index contributed by atoms with van der Waals surface area (Å²) in [6.45, 7) is 3.88. The van der Waals surface area contributed by atoms with Crippen LogP contribution in [0, 0.1) is 6.92 Å². The first-order chi connectivity index (χ1) is 7.61. The molecular weight excluding hydrogens is 204 g/mol. The molecule has 0 aliphatic carbocycles. The van der Waals surface area contributed by atoms with Gasteiger partial charge in [0.25, 0.3) is 0 Å². The Balaban J connectivity index is 2.59. The van der Waals surface area contributed by atoms with Gasteiger partial charge < -0.3 is 9.47 Å². The van der Waals surface area contributed by atoms with Gasteiger partial charge in [-0.2, -0.15) is 0 Å². The Morgan fingerprint density at radius 1 is 1.31 bits per heavy atom. The van der Waals surface area contributed by atoms with Crippen LogP contribution in [0.15, 0.2) is 24.3 Å². The Morgan fingerprint density at radius 3 is 2.44 bits per heavy atom. The first-order valence-electron chi connectivity index (χ1n) is 5.33. The highest BCUT2D eigenvalue weighted by molar-refractivity contribution is 5.66. The van der Waals surface area contributed by atoms with Crippen LogP contribution in [0.4, 0.5) is 0 Å². The van der Waals surface area contributed by atoms with Crippen molar-refractivity contribution >= 4 is 5.97 Å². The van der Waals surface area contributed by atoms with Crippen LogP contribution in [-0.4, -0.2) is 25.8 Å². The number of aryl methyl sites for hydroxylation is 1. The lowest BCUT2D eigenvalue weighted by atomic mass is 10.1. The van der Waals surface area contributed by atoms with Crippen LogP contribution in [0.5, 0.6) is 0 Å². The minimum Gasteiger partial charge on any atom is -0.460 e. The van der Waals surface area contributed by atoms with Crippen molar-refractivity contribution in [1.82, 2.24) is 0 Å². The van der Waals surface area contributed by atoms with Crippen LogP contribution < -0.4 is 0 Å². The minimum absolute atomic E-state index is 0.204. The fourth-order valence-corrected chi connectivity index (χ4v) is 1.54. The Morgan fingerprint density at radius 2 is 1.94 bits per heavy atom. The second kappa shape index (κ2) is 6.28. The Bertz CT molecular complexity index is 330. The van der Waals surface area contributed by atoms with E-state index in [2.05, 4.69) is 0 Å². The number of rotatable bonds is 5. The number of ether oxygens (including phenoxy) is 2. The first-order valence-corrected chi connectivity index (χ1v) is 5.33. The fourth-order valence-electron chi connectivity index (χ4n) is 1.54. The normalized spacial score (nSPS) is 12.2. The highest BCUT2D eigenvalue weighted by Gasteiger charge is 2.12. The third-order valence-electron chi connectivity index (χ3n) is 2.27. The van der Waals surface area contributed by atoms with E-state index in [0.29, 0.717) is 13.0 Å². The van der Waals surface area contributed by atoms with Gasteiger partial charge in [-0.15, -0.1) is 0 Å². The first kappa shape index (κ1) is 12.7. The molecule has 0 aliphatic heterocycles. The zero-order valence-corrected chi connectivity index (χ0v) is 10.0. The maximum Gasteiger partial charge on any atom is 0.302 e. The summed E-state index contributed by atoms with van der Waals surface area (Å²) >= 11 is 0. The Kier molecular flexibility index (Phi) is 4.99. The van der Waals surface area contributed by atoms with Gasteiger partial charge in [0.2, 0.25) is 0 Å². The van der Waals surface area contributed by atoms with Crippen molar-refractivity contribution in [3.63, 3.8) is 0 Å². The predicted molar refractivity (Wildman–Crippen MR) is 62.3 cm³/mol. The summed E-state index contributed by atoms with van der Waals surface area (Å²) in [5, 5.41) is 0. The molecule has 0 heterocycles. The van der Waals surface area contributed by atoms with E-state index in [4.69, 9.17) is 9.47 Å². The molecule has 1 rings (SSSR count). The molecule has 0 bridgehead atoms. The molecule has 0 radical (unpaired) electrons. The van der Waals surface area contributed by atoms with E-state index in [1.54, 1.807) is 7.11 Å². The number of hydrogen-bond acceptors (Lipinski definition) is 3. The molecule has 3 nitrogen and oxygen atoms in total. The molecule has 0 N–H and O–H groups in total.